The lowest BCUT2D eigenvalue weighted by Gasteiger charge is -2.27. The summed E-state index contributed by atoms with van der Waals surface area (Å²) in [4.78, 5) is 71.0. The number of nitrogens with two attached hydrogens (primary N) is 2. The van der Waals surface area contributed by atoms with E-state index in [0.29, 0.717) is 6.42 Å². The molecule has 0 aliphatic carbocycles. The minimum absolute atomic E-state index is 0.151. The van der Waals surface area contributed by atoms with Crippen LogP contribution in [0.1, 0.15) is 47.0 Å². The van der Waals surface area contributed by atoms with E-state index in [1.54, 1.807) is 20.8 Å². The first-order valence-electron chi connectivity index (χ1n) is 10.1. The lowest BCUT2D eigenvalue weighted by molar-refractivity contribution is -0.147. The Labute approximate surface area is 185 Å². The van der Waals surface area contributed by atoms with E-state index in [2.05, 4.69) is 10.6 Å². The van der Waals surface area contributed by atoms with Crippen LogP contribution in [0.4, 0.5) is 0 Å². The van der Waals surface area contributed by atoms with E-state index in [9.17, 15) is 28.8 Å². The molecule has 0 saturated carbocycles. The fraction of sp³-hybridized carbons (Fsp3) is 0.684. The zero-order valence-corrected chi connectivity index (χ0v) is 18.6. The van der Waals surface area contributed by atoms with Crippen molar-refractivity contribution in [1.82, 2.24) is 16.0 Å². The molecule has 0 radical (unpaired) electrons. The molecule has 0 aromatic carbocycles. The van der Waals surface area contributed by atoms with Gasteiger partial charge in [-0.05, 0) is 11.8 Å². The lowest BCUT2D eigenvalue weighted by Crippen LogP contribution is -2.59. The predicted octanol–water partition coefficient (Wildman–Crippen LogP) is -2.10. The van der Waals surface area contributed by atoms with E-state index in [1.807, 2.05) is 12.2 Å². The normalized spacial score (nSPS) is 15.6. The average Bonchev–Trinajstić information content (AvgIpc) is 2.68. The highest BCUT2D eigenvalue weighted by molar-refractivity contribution is 5.96. The van der Waals surface area contributed by atoms with Gasteiger partial charge in [-0.3, -0.25) is 24.0 Å². The molecule has 9 N–H and O–H groups in total. The molecule has 0 heterocycles. The van der Waals surface area contributed by atoms with Crippen LogP contribution in [-0.4, -0.2) is 69.9 Å². The molecule has 5 atom stereocenters. The second kappa shape index (κ2) is 13.2. The molecular weight excluding hydrogens is 426 g/mol. The number of primary amides is 1. The molecule has 0 aliphatic heterocycles. The van der Waals surface area contributed by atoms with Crippen LogP contribution < -0.4 is 27.4 Å². The Kier molecular flexibility index (Phi) is 11.9. The summed E-state index contributed by atoms with van der Waals surface area (Å²) in [6, 6.07) is -5.36. The van der Waals surface area contributed by atoms with Crippen LogP contribution in [0.15, 0.2) is 0 Å². The van der Waals surface area contributed by atoms with Crippen molar-refractivity contribution in [2.45, 2.75) is 71.1 Å². The maximum Gasteiger partial charge on any atom is 0.326 e. The van der Waals surface area contributed by atoms with Gasteiger partial charge in [-0.2, -0.15) is 0 Å². The number of carboxylic acids is 2. The quantitative estimate of drug-likeness (QED) is 0.151. The summed E-state index contributed by atoms with van der Waals surface area (Å²) in [5, 5.41) is 24.6. The summed E-state index contributed by atoms with van der Waals surface area (Å²) in [6.07, 6.45) is -0.965. The Morgan fingerprint density at radius 3 is 1.75 bits per heavy atom. The molecule has 0 spiro atoms. The first kappa shape index (κ1) is 28.8. The summed E-state index contributed by atoms with van der Waals surface area (Å²) in [7, 11) is 0. The number of amides is 4. The Hall–Kier alpha value is -3.22. The van der Waals surface area contributed by atoms with E-state index in [4.69, 9.17) is 21.7 Å². The van der Waals surface area contributed by atoms with Crippen molar-refractivity contribution < 1.29 is 39.0 Å². The van der Waals surface area contributed by atoms with Gasteiger partial charge in [-0.15, -0.1) is 0 Å². The highest BCUT2D eigenvalue weighted by Crippen LogP contribution is 2.09. The van der Waals surface area contributed by atoms with Crippen LogP contribution in [-0.2, 0) is 28.8 Å². The van der Waals surface area contributed by atoms with Gasteiger partial charge in [0.25, 0.3) is 0 Å². The van der Waals surface area contributed by atoms with E-state index >= 15 is 0 Å². The van der Waals surface area contributed by atoms with Crippen molar-refractivity contribution in [3.63, 3.8) is 0 Å². The predicted molar refractivity (Wildman–Crippen MR) is 112 cm³/mol. The van der Waals surface area contributed by atoms with E-state index < -0.39 is 78.5 Å². The molecule has 0 aromatic rings. The smallest absolute Gasteiger partial charge is 0.326 e. The number of carbonyl (C=O) groups excluding carboxylic acids is 4. The number of hydrogen-bond donors (Lipinski definition) is 7. The maximum absolute atomic E-state index is 12.8. The van der Waals surface area contributed by atoms with Crippen molar-refractivity contribution in [2.24, 2.45) is 23.3 Å². The van der Waals surface area contributed by atoms with Crippen LogP contribution in [0.25, 0.3) is 0 Å². The molecule has 13 heteroatoms. The first-order chi connectivity index (χ1) is 14.7. The van der Waals surface area contributed by atoms with Crippen molar-refractivity contribution in [3.8, 4) is 0 Å². The Morgan fingerprint density at radius 1 is 0.812 bits per heavy atom. The monoisotopic (exact) mass is 459 g/mol. The van der Waals surface area contributed by atoms with Gasteiger partial charge in [0.1, 0.15) is 18.1 Å². The standard InChI is InChI=1S/C19H33N5O8/c1-5-9(4)14(21)17(29)24-15(8(2)3)18(30)22-10(6-12(20)25)16(28)23-11(19(31)32)7-13(26)27/h8-11,14-15H,5-7,21H2,1-4H3,(H2,20,25)(H,22,30)(H,23,28)(H,24,29)(H,26,27)(H,31,32). The third kappa shape index (κ3) is 9.73. The molecule has 32 heavy (non-hydrogen) atoms. The first-order valence-corrected chi connectivity index (χ1v) is 10.1. The molecular formula is C19H33N5O8. The molecule has 0 bridgehead atoms. The minimum atomic E-state index is -1.79. The number of nitrogens with one attached hydrogen (secondary N) is 3. The molecule has 13 nitrogen and oxygen atoms in total. The molecule has 182 valence electrons. The van der Waals surface area contributed by atoms with Gasteiger partial charge < -0.3 is 37.6 Å². The lowest BCUT2D eigenvalue weighted by atomic mass is 9.97. The van der Waals surface area contributed by atoms with Crippen molar-refractivity contribution in [3.05, 3.63) is 0 Å². The van der Waals surface area contributed by atoms with Crippen LogP contribution in [0, 0.1) is 11.8 Å². The molecule has 0 rings (SSSR count). The minimum Gasteiger partial charge on any atom is -0.481 e. The van der Waals surface area contributed by atoms with E-state index in [-0.39, 0.29) is 5.92 Å². The topological polar surface area (TPSA) is 231 Å². The van der Waals surface area contributed by atoms with Gasteiger partial charge in [-0.25, -0.2) is 4.79 Å². The highest BCUT2D eigenvalue weighted by atomic mass is 16.4. The fourth-order valence-corrected chi connectivity index (χ4v) is 2.62. The van der Waals surface area contributed by atoms with Gasteiger partial charge in [0.2, 0.25) is 23.6 Å². The number of carboxylic acid groups (broad SMARTS) is 2. The van der Waals surface area contributed by atoms with Gasteiger partial charge in [-0.1, -0.05) is 34.1 Å². The summed E-state index contributed by atoms with van der Waals surface area (Å²) in [5.41, 5.74) is 11.0. The van der Waals surface area contributed by atoms with Crippen LogP contribution in [0.2, 0.25) is 0 Å². The SMILES string of the molecule is CCC(C)C(N)C(=O)NC(C(=O)NC(CC(N)=O)C(=O)NC(CC(=O)O)C(=O)O)C(C)C. The number of aliphatic carboxylic acids is 2. The molecule has 0 aromatic heterocycles. The van der Waals surface area contributed by atoms with Crippen molar-refractivity contribution >= 4 is 35.6 Å². The molecule has 4 amide bonds. The Balaban J connectivity index is 5.51. The molecule has 5 unspecified atom stereocenters. The van der Waals surface area contributed by atoms with Gasteiger partial charge in [0.15, 0.2) is 0 Å². The van der Waals surface area contributed by atoms with Crippen LogP contribution in [0.5, 0.6) is 0 Å². The van der Waals surface area contributed by atoms with Crippen LogP contribution in [0.3, 0.4) is 0 Å². The summed E-state index contributed by atoms with van der Waals surface area (Å²) in [6.45, 7) is 6.90. The largest absolute Gasteiger partial charge is 0.481 e. The van der Waals surface area contributed by atoms with Gasteiger partial charge >= 0.3 is 11.9 Å². The summed E-state index contributed by atoms with van der Waals surface area (Å²) < 4.78 is 0. The Bertz CT molecular complexity index is 727. The van der Waals surface area contributed by atoms with E-state index in [0.717, 1.165) is 0 Å². The fourth-order valence-electron chi connectivity index (χ4n) is 2.62. The molecule has 0 fully saturated rings. The second-order valence-electron chi connectivity index (χ2n) is 7.87. The van der Waals surface area contributed by atoms with Gasteiger partial charge in [0, 0.05) is 0 Å². The van der Waals surface area contributed by atoms with Crippen molar-refractivity contribution in [2.75, 3.05) is 0 Å². The third-order valence-electron chi connectivity index (χ3n) is 4.84. The Morgan fingerprint density at radius 2 is 1.34 bits per heavy atom. The maximum atomic E-state index is 12.8. The highest BCUT2D eigenvalue weighted by Gasteiger charge is 2.33. The van der Waals surface area contributed by atoms with Crippen LogP contribution >= 0.6 is 0 Å². The van der Waals surface area contributed by atoms with Crippen molar-refractivity contribution in [1.29, 1.82) is 0 Å². The number of rotatable bonds is 14. The molecule has 0 saturated heterocycles. The number of hydrogen-bond acceptors (Lipinski definition) is 7. The summed E-state index contributed by atoms with van der Waals surface area (Å²) >= 11 is 0. The zero-order chi connectivity index (χ0) is 25.2. The average molecular weight is 460 g/mol. The molecule has 0 aliphatic rings. The van der Waals surface area contributed by atoms with E-state index in [1.165, 1.54) is 0 Å². The zero-order valence-electron chi connectivity index (χ0n) is 18.6. The second-order valence-corrected chi connectivity index (χ2v) is 7.87. The third-order valence-corrected chi connectivity index (χ3v) is 4.84. The van der Waals surface area contributed by atoms with Gasteiger partial charge in [0.05, 0.1) is 18.9 Å². The number of carbonyl (C=O) groups is 6. The summed E-state index contributed by atoms with van der Waals surface area (Å²) in [5.74, 6) is -7.16.